The highest BCUT2D eigenvalue weighted by Crippen LogP contribution is 2.19. The zero-order valence-electron chi connectivity index (χ0n) is 10.7. The molecule has 0 radical (unpaired) electrons. The van der Waals surface area contributed by atoms with Gasteiger partial charge in [-0.15, -0.1) is 0 Å². The van der Waals surface area contributed by atoms with E-state index in [4.69, 9.17) is 4.52 Å². The Balaban J connectivity index is 1.99. The van der Waals surface area contributed by atoms with Crippen LogP contribution in [0.2, 0.25) is 0 Å². The van der Waals surface area contributed by atoms with E-state index in [2.05, 4.69) is 39.6 Å². The van der Waals surface area contributed by atoms with Crippen molar-refractivity contribution in [3.63, 3.8) is 0 Å². The molecule has 3 rings (SSSR count). The molecule has 19 heavy (non-hydrogen) atoms. The Morgan fingerprint density at radius 2 is 2.32 bits per heavy atom. The smallest absolute Gasteiger partial charge is 0.213 e. The summed E-state index contributed by atoms with van der Waals surface area (Å²) in [6.07, 6.45) is 5.23. The topological polar surface area (TPSA) is 68.8 Å². The van der Waals surface area contributed by atoms with Crippen molar-refractivity contribution in [3.05, 3.63) is 42.3 Å². The second kappa shape index (κ2) is 5.19. The van der Waals surface area contributed by atoms with Crippen molar-refractivity contribution in [2.45, 2.75) is 20.0 Å². The lowest BCUT2D eigenvalue weighted by Crippen LogP contribution is -2.11. The Morgan fingerprint density at radius 1 is 1.37 bits per heavy atom. The first-order valence-corrected chi connectivity index (χ1v) is 6.27. The number of rotatable bonds is 5. The quantitative estimate of drug-likeness (QED) is 0.751. The fourth-order valence-electron chi connectivity index (χ4n) is 2.13. The summed E-state index contributed by atoms with van der Waals surface area (Å²) in [5, 5.41) is 8.34. The summed E-state index contributed by atoms with van der Waals surface area (Å²) >= 11 is 0. The standard InChI is InChI=1S/C13H15N5O/c1-2-14-6-10-7-18(8-12-16-9-19-17-12)13-11(10)4-3-5-15-13/h3-5,7,9,14H,2,6,8H2,1H3. The third kappa shape index (κ3) is 2.34. The fraction of sp³-hybridized carbons (Fsp3) is 0.308. The van der Waals surface area contributed by atoms with Crippen LogP contribution in [0, 0.1) is 0 Å². The maximum Gasteiger partial charge on any atom is 0.213 e. The van der Waals surface area contributed by atoms with Crippen LogP contribution in [0.3, 0.4) is 0 Å². The van der Waals surface area contributed by atoms with Gasteiger partial charge in [0.05, 0.1) is 6.54 Å². The molecule has 0 aromatic carbocycles. The lowest BCUT2D eigenvalue weighted by molar-refractivity contribution is 0.408. The van der Waals surface area contributed by atoms with E-state index >= 15 is 0 Å². The highest BCUT2D eigenvalue weighted by molar-refractivity contribution is 5.80. The minimum absolute atomic E-state index is 0.566. The number of aromatic nitrogens is 4. The second-order valence-electron chi connectivity index (χ2n) is 4.28. The molecule has 3 aromatic heterocycles. The zero-order valence-corrected chi connectivity index (χ0v) is 10.7. The number of nitrogens with one attached hydrogen (secondary N) is 1. The third-order valence-electron chi connectivity index (χ3n) is 3.00. The molecule has 0 aliphatic heterocycles. The molecule has 3 aromatic rings. The van der Waals surface area contributed by atoms with Crippen LogP contribution in [0.15, 0.2) is 35.4 Å². The molecule has 0 unspecified atom stereocenters. The summed E-state index contributed by atoms with van der Waals surface area (Å²) in [6, 6.07) is 4.04. The number of pyridine rings is 1. The molecule has 6 nitrogen and oxygen atoms in total. The Bertz CT molecular complexity index is 659. The number of hydrogen-bond donors (Lipinski definition) is 1. The summed E-state index contributed by atoms with van der Waals surface area (Å²) in [5.74, 6) is 0.651. The van der Waals surface area contributed by atoms with Gasteiger partial charge in [0.2, 0.25) is 6.39 Å². The van der Waals surface area contributed by atoms with Crippen molar-refractivity contribution in [2.24, 2.45) is 0 Å². The Labute approximate surface area is 110 Å². The largest absolute Gasteiger partial charge is 0.343 e. The van der Waals surface area contributed by atoms with Crippen molar-refractivity contribution in [2.75, 3.05) is 6.54 Å². The fourth-order valence-corrected chi connectivity index (χ4v) is 2.13. The van der Waals surface area contributed by atoms with Crippen LogP contribution >= 0.6 is 0 Å². The highest BCUT2D eigenvalue weighted by Gasteiger charge is 2.10. The molecule has 0 atom stereocenters. The lowest BCUT2D eigenvalue weighted by atomic mass is 10.2. The van der Waals surface area contributed by atoms with Crippen molar-refractivity contribution in [1.29, 1.82) is 0 Å². The summed E-state index contributed by atoms with van der Waals surface area (Å²) in [4.78, 5) is 8.49. The number of fused-ring (bicyclic) bond motifs is 1. The Morgan fingerprint density at radius 3 is 3.11 bits per heavy atom. The van der Waals surface area contributed by atoms with E-state index < -0.39 is 0 Å². The van der Waals surface area contributed by atoms with Crippen LogP contribution in [0.5, 0.6) is 0 Å². The average Bonchev–Trinajstić information content (AvgIpc) is 3.06. The molecule has 1 N–H and O–H groups in total. The Kier molecular flexibility index (Phi) is 3.24. The highest BCUT2D eigenvalue weighted by atomic mass is 16.5. The van der Waals surface area contributed by atoms with Gasteiger partial charge in [0, 0.05) is 24.3 Å². The zero-order chi connectivity index (χ0) is 13.1. The molecule has 0 saturated heterocycles. The first-order valence-electron chi connectivity index (χ1n) is 6.27. The van der Waals surface area contributed by atoms with Crippen LogP contribution in [0.4, 0.5) is 0 Å². The molecular formula is C13H15N5O. The molecule has 98 valence electrons. The minimum atomic E-state index is 0.566. The lowest BCUT2D eigenvalue weighted by Gasteiger charge is -1.99. The summed E-state index contributed by atoms with van der Waals surface area (Å²) in [6.45, 7) is 4.43. The van der Waals surface area contributed by atoms with Crippen LogP contribution in [0.25, 0.3) is 11.0 Å². The summed E-state index contributed by atoms with van der Waals surface area (Å²) in [5.41, 5.74) is 2.17. The average molecular weight is 257 g/mol. The minimum Gasteiger partial charge on any atom is -0.343 e. The van der Waals surface area contributed by atoms with Gasteiger partial charge in [-0.3, -0.25) is 0 Å². The predicted octanol–water partition coefficient (Wildman–Crippen LogP) is 1.58. The summed E-state index contributed by atoms with van der Waals surface area (Å²) in [7, 11) is 0. The van der Waals surface area contributed by atoms with Gasteiger partial charge in [-0.05, 0) is 24.2 Å². The molecule has 0 amide bonds. The van der Waals surface area contributed by atoms with Gasteiger partial charge in [-0.25, -0.2) is 4.98 Å². The molecule has 3 heterocycles. The molecule has 0 saturated carbocycles. The van der Waals surface area contributed by atoms with Gasteiger partial charge in [0.1, 0.15) is 5.65 Å². The van der Waals surface area contributed by atoms with E-state index in [1.165, 1.54) is 12.0 Å². The first kappa shape index (κ1) is 11.9. The normalized spacial score (nSPS) is 11.2. The molecule has 0 bridgehead atoms. The van der Waals surface area contributed by atoms with Gasteiger partial charge < -0.3 is 14.4 Å². The van der Waals surface area contributed by atoms with E-state index in [0.29, 0.717) is 12.4 Å². The third-order valence-corrected chi connectivity index (χ3v) is 3.00. The van der Waals surface area contributed by atoms with Gasteiger partial charge in [0.25, 0.3) is 0 Å². The van der Waals surface area contributed by atoms with Crippen molar-refractivity contribution in [3.8, 4) is 0 Å². The SMILES string of the molecule is CCNCc1cn(Cc2ncon2)c2ncccc12. The van der Waals surface area contributed by atoms with E-state index in [1.54, 1.807) is 6.20 Å². The van der Waals surface area contributed by atoms with E-state index in [0.717, 1.165) is 24.1 Å². The monoisotopic (exact) mass is 257 g/mol. The molecule has 0 aliphatic carbocycles. The van der Waals surface area contributed by atoms with Crippen molar-refractivity contribution in [1.82, 2.24) is 25.0 Å². The van der Waals surface area contributed by atoms with Gasteiger partial charge in [0.15, 0.2) is 5.82 Å². The van der Waals surface area contributed by atoms with Crippen LogP contribution in [-0.2, 0) is 13.1 Å². The predicted molar refractivity (Wildman–Crippen MR) is 70.5 cm³/mol. The molecule has 0 fully saturated rings. The molecule has 6 heteroatoms. The Hall–Kier alpha value is -2.21. The molecule has 0 aliphatic rings. The van der Waals surface area contributed by atoms with Gasteiger partial charge in [-0.1, -0.05) is 12.1 Å². The van der Waals surface area contributed by atoms with E-state index in [9.17, 15) is 0 Å². The van der Waals surface area contributed by atoms with E-state index in [1.807, 2.05) is 10.6 Å². The van der Waals surface area contributed by atoms with Gasteiger partial charge >= 0.3 is 0 Å². The van der Waals surface area contributed by atoms with E-state index in [-0.39, 0.29) is 0 Å². The maximum atomic E-state index is 4.76. The van der Waals surface area contributed by atoms with Crippen molar-refractivity contribution >= 4 is 11.0 Å². The first-order chi connectivity index (χ1) is 9.38. The summed E-state index contributed by atoms with van der Waals surface area (Å²) < 4.78 is 6.81. The van der Waals surface area contributed by atoms with Crippen molar-refractivity contribution < 1.29 is 4.52 Å². The van der Waals surface area contributed by atoms with Gasteiger partial charge in [-0.2, -0.15) is 4.98 Å². The van der Waals surface area contributed by atoms with Crippen LogP contribution in [-0.4, -0.2) is 26.2 Å². The number of hydrogen-bond acceptors (Lipinski definition) is 5. The molecular weight excluding hydrogens is 242 g/mol. The maximum absolute atomic E-state index is 4.76. The van der Waals surface area contributed by atoms with Crippen LogP contribution < -0.4 is 5.32 Å². The molecule has 0 spiro atoms. The second-order valence-corrected chi connectivity index (χ2v) is 4.28. The van der Waals surface area contributed by atoms with Crippen LogP contribution in [0.1, 0.15) is 18.3 Å². The number of nitrogens with zero attached hydrogens (tertiary/aromatic N) is 4.